The Morgan fingerprint density at radius 2 is 2.24 bits per heavy atom. The molecule has 1 N–H and O–H groups in total. The lowest BCUT2D eigenvalue weighted by Crippen LogP contribution is -2.39. The Morgan fingerprint density at radius 3 is 2.88 bits per heavy atom. The van der Waals surface area contributed by atoms with Gasteiger partial charge in [-0.1, -0.05) is 0 Å². The number of rotatable bonds is 5. The zero-order valence-electron chi connectivity index (χ0n) is 10.2. The van der Waals surface area contributed by atoms with Crippen LogP contribution >= 0.6 is 0 Å². The van der Waals surface area contributed by atoms with Crippen LogP contribution in [-0.4, -0.2) is 56.4 Å². The fourth-order valence-corrected chi connectivity index (χ4v) is 1.79. The predicted molar refractivity (Wildman–Crippen MR) is 66.5 cm³/mol. The van der Waals surface area contributed by atoms with Gasteiger partial charge in [-0.15, -0.1) is 0 Å². The highest BCUT2D eigenvalue weighted by Gasteiger charge is 2.08. The molecule has 2 rings (SSSR count). The number of aromatic nitrogens is 1. The van der Waals surface area contributed by atoms with Crippen LogP contribution in [0.5, 0.6) is 5.88 Å². The summed E-state index contributed by atoms with van der Waals surface area (Å²) in [6, 6.07) is 3.84. The Morgan fingerprint density at radius 1 is 1.41 bits per heavy atom. The van der Waals surface area contributed by atoms with Gasteiger partial charge in [-0.05, 0) is 6.07 Å². The minimum atomic E-state index is 0.642. The average molecular weight is 237 g/mol. The van der Waals surface area contributed by atoms with Crippen LogP contribution in [0, 0.1) is 0 Å². The number of hydrogen-bond donors (Lipinski definition) is 1. The summed E-state index contributed by atoms with van der Waals surface area (Å²) in [6.07, 6.45) is 1.79. The molecule has 1 aromatic heterocycles. The summed E-state index contributed by atoms with van der Waals surface area (Å²) in [5, 5.41) is 3.34. The summed E-state index contributed by atoms with van der Waals surface area (Å²) in [4.78, 5) is 6.54. The largest absolute Gasteiger partial charge is 0.481 e. The zero-order chi connectivity index (χ0) is 11.9. The van der Waals surface area contributed by atoms with Crippen molar-refractivity contribution in [1.82, 2.24) is 9.88 Å². The van der Waals surface area contributed by atoms with Crippen molar-refractivity contribution >= 4 is 5.69 Å². The Hall–Kier alpha value is -1.33. The number of pyridine rings is 1. The number of nitrogens with zero attached hydrogens (tertiary/aromatic N) is 2. The maximum Gasteiger partial charge on any atom is 0.213 e. The van der Waals surface area contributed by atoms with E-state index in [4.69, 9.17) is 9.47 Å². The number of nitrogens with one attached hydrogen (secondary N) is 1. The summed E-state index contributed by atoms with van der Waals surface area (Å²) in [5.41, 5.74) is 1.03. The summed E-state index contributed by atoms with van der Waals surface area (Å²) in [6.45, 7) is 5.72. The molecule has 0 spiro atoms. The zero-order valence-corrected chi connectivity index (χ0v) is 10.2. The standard InChI is InChI=1S/C12H19N3O2/c1-16-12-3-2-11(10-14-12)13-4-5-15-6-8-17-9-7-15/h2-3,10,13H,4-9H2,1H3. The Balaban J connectivity index is 1.69. The monoisotopic (exact) mass is 237 g/mol. The fourth-order valence-electron chi connectivity index (χ4n) is 1.79. The first-order valence-corrected chi connectivity index (χ1v) is 5.92. The van der Waals surface area contributed by atoms with Crippen molar-refractivity contribution in [3.8, 4) is 5.88 Å². The molecule has 1 aliphatic heterocycles. The van der Waals surface area contributed by atoms with E-state index in [2.05, 4.69) is 15.2 Å². The highest BCUT2D eigenvalue weighted by atomic mass is 16.5. The molecule has 2 heterocycles. The van der Waals surface area contributed by atoms with Crippen molar-refractivity contribution in [2.75, 3.05) is 51.8 Å². The van der Waals surface area contributed by atoms with Gasteiger partial charge in [0.05, 0.1) is 32.2 Å². The minimum absolute atomic E-state index is 0.642. The molecule has 1 saturated heterocycles. The van der Waals surface area contributed by atoms with Crippen molar-refractivity contribution in [2.24, 2.45) is 0 Å². The quantitative estimate of drug-likeness (QED) is 0.822. The molecule has 0 saturated carbocycles. The molecule has 0 aliphatic carbocycles. The third-order valence-electron chi connectivity index (χ3n) is 2.81. The van der Waals surface area contributed by atoms with Crippen LogP contribution in [0.4, 0.5) is 5.69 Å². The van der Waals surface area contributed by atoms with E-state index in [9.17, 15) is 0 Å². The van der Waals surface area contributed by atoms with Gasteiger partial charge in [0.25, 0.3) is 0 Å². The molecule has 5 nitrogen and oxygen atoms in total. The molecule has 17 heavy (non-hydrogen) atoms. The van der Waals surface area contributed by atoms with Gasteiger partial charge in [0, 0.05) is 32.2 Å². The first-order chi connectivity index (χ1) is 8.38. The molecule has 94 valence electrons. The molecule has 1 fully saturated rings. The molecular formula is C12H19N3O2. The van der Waals surface area contributed by atoms with Gasteiger partial charge in [-0.25, -0.2) is 4.98 Å². The van der Waals surface area contributed by atoms with E-state index >= 15 is 0 Å². The van der Waals surface area contributed by atoms with E-state index in [0.717, 1.165) is 45.1 Å². The van der Waals surface area contributed by atoms with Crippen molar-refractivity contribution in [3.63, 3.8) is 0 Å². The van der Waals surface area contributed by atoms with Gasteiger partial charge in [0.15, 0.2) is 0 Å². The van der Waals surface area contributed by atoms with Gasteiger partial charge in [0.2, 0.25) is 5.88 Å². The van der Waals surface area contributed by atoms with Gasteiger partial charge in [-0.3, -0.25) is 4.90 Å². The van der Waals surface area contributed by atoms with Gasteiger partial charge < -0.3 is 14.8 Å². The van der Waals surface area contributed by atoms with Crippen LogP contribution in [0.1, 0.15) is 0 Å². The second-order valence-electron chi connectivity index (χ2n) is 3.97. The van der Waals surface area contributed by atoms with Crippen molar-refractivity contribution in [1.29, 1.82) is 0 Å². The molecule has 1 aliphatic rings. The Kier molecular flexibility index (Phi) is 4.58. The topological polar surface area (TPSA) is 46.6 Å². The average Bonchev–Trinajstić information content (AvgIpc) is 2.41. The number of morpholine rings is 1. The molecule has 0 aromatic carbocycles. The molecule has 0 radical (unpaired) electrons. The van der Waals surface area contributed by atoms with Gasteiger partial charge in [-0.2, -0.15) is 0 Å². The molecule has 0 bridgehead atoms. The number of ether oxygens (including phenoxy) is 2. The highest BCUT2D eigenvalue weighted by molar-refractivity contribution is 5.41. The minimum Gasteiger partial charge on any atom is -0.481 e. The second kappa shape index (κ2) is 6.42. The third-order valence-corrected chi connectivity index (χ3v) is 2.81. The first-order valence-electron chi connectivity index (χ1n) is 5.92. The number of hydrogen-bond acceptors (Lipinski definition) is 5. The lowest BCUT2D eigenvalue weighted by atomic mass is 10.4. The second-order valence-corrected chi connectivity index (χ2v) is 3.97. The normalized spacial score (nSPS) is 16.8. The number of methoxy groups -OCH3 is 1. The maximum atomic E-state index is 5.30. The maximum absolute atomic E-state index is 5.30. The summed E-state index contributed by atoms with van der Waals surface area (Å²) in [5.74, 6) is 0.642. The SMILES string of the molecule is COc1ccc(NCCN2CCOCC2)cn1. The van der Waals surface area contributed by atoms with Crippen molar-refractivity contribution in [2.45, 2.75) is 0 Å². The van der Waals surface area contributed by atoms with Crippen LogP contribution in [0.2, 0.25) is 0 Å². The van der Waals surface area contributed by atoms with Gasteiger partial charge in [0.1, 0.15) is 0 Å². The summed E-state index contributed by atoms with van der Waals surface area (Å²) < 4.78 is 10.3. The van der Waals surface area contributed by atoms with Gasteiger partial charge >= 0.3 is 0 Å². The van der Waals surface area contributed by atoms with E-state index in [1.165, 1.54) is 0 Å². The predicted octanol–water partition coefficient (Wildman–Crippen LogP) is 0.834. The van der Waals surface area contributed by atoms with Crippen LogP contribution < -0.4 is 10.1 Å². The van der Waals surface area contributed by atoms with E-state index in [0.29, 0.717) is 5.88 Å². The number of anilines is 1. The fraction of sp³-hybridized carbons (Fsp3) is 0.583. The first kappa shape index (κ1) is 12.1. The van der Waals surface area contributed by atoms with Crippen LogP contribution in [-0.2, 0) is 4.74 Å². The van der Waals surface area contributed by atoms with Crippen molar-refractivity contribution in [3.05, 3.63) is 18.3 Å². The van der Waals surface area contributed by atoms with E-state index < -0.39 is 0 Å². The van der Waals surface area contributed by atoms with Crippen molar-refractivity contribution < 1.29 is 9.47 Å². The summed E-state index contributed by atoms with van der Waals surface area (Å²) in [7, 11) is 1.62. The lowest BCUT2D eigenvalue weighted by Gasteiger charge is -2.26. The van der Waals surface area contributed by atoms with E-state index in [-0.39, 0.29) is 0 Å². The molecule has 0 unspecified atom stereocenters. The smallest absolute Gasteiger partial charge is 0.213 e. The molecule has 0 amide bonds. The molecule has 1 aromatic rings. The molecule has 0 atom stereocenters. The molecular weight excluding hydrogens is 218 g/mol. The molecule has 5 heteroatoms. The van der Waals surface area contributed by atoms with E-state index in [1.54, 1.807) is 13.3 Å². The van der Waals surface area contributed by atoms with E-state index in [1.807, 2.05) is 12.1 Å². The Bertz CT molecular complexity index is 323. The summed E-state index contributed by atoms with van der Waals surface area (Å²) >= 11 is 0. The highest BCUT2D eigenvalue weighted by Crippen LogP contribution is 2.10. The third kappa shape index (κ3) is 3.87. The lowest BCUT2D eigenvalue weighted by molar-refractivity contribution is 0.0398. The van der Waals surface area contributed by atoms with Crippen LogP contribution in [0.25, 0.3) is 0 Å². The Labute approximate surface area is 102 Å². The van der Waals surface area contributed by atoms with Crippen LogP contribution in [0.3, 0.4) is 0 Å². The van der Waals surface area contributed by atoms with Crippen LogP contribution in [0.15, 0.2) is 18.3 Å².